The Bertz CT molecular complexity index is 1010. The third-order valence-electron chi connectivity index (χ3n) is 4.20. The Morgan fingerprint density at radius 3 is 2.63 bits per heavy atom. The molecule has 0 fully saturated rings. The Kier molecular flexibility index (Phi) is 5.21. The Hall–Kier alpha value is -3.22. The van der Waals surface area contributed by atoms with Crippen LogP contribution in [0.1, 0.15) is 21.7 Å². The number of esters is 1. The van der Waals surface area contributed by atoms with Gasteiger partial charge < -0.3 is 14.1 Å². The molecule has 1 amide bonds. The second kappa shape index (κ2) is 7.57. The first kappa shape index (κ1) is 18.6. The number of rotatable bonds is 5. The lowest BCUT2D eigenvalue weighted by molar-refractivity contribution is -0.133. The summed E-state index contributed by atoms with van der Waals surface area (Å²) in [5.74, 6) is -2.26. The van der Waals surface area contributed by atoms with Crippen LogP contribution in [-0.4, -0.2) is 30.4 Å². The van der Waals surface area contributed by atoms with Gasteiger partial charge in [0, 0.05) is 30.1 Å². The Morgan fingerprint density at radius 2 is 1.89 bits per heavy atom. The topological polar surface area (TPSA) is 59.8 Å². The number of fused-ring (bicyclic) bond motifs is 1. The smallest absolute Gasteiger partial charge is 0.375 e. The number of benzene rings is 2. The molecule has 0 saturated heterocycles. The number of ether oxygens (including phenoxy) is 1. The number of carbonyl (C=O) groups excluding carboxylic acids is 2. The summed E-state index contributed by atoms with van der Waals surface area (Å²) in [4.78, 5) is 25.6. The van der Waals surface area contributed by atoms with Crippen LogP contribution < -0.4 is 0 Å². The van der Waals surface area contributed by atoms with E-state index in [0.717, 1.165) is 0 Å². The van der Waals surface area contributed by atoms with Crippen molar-refractivity contribution < 1.29 is 27.5 Å². The van der Waals surface area contributed by atoms with Gasteiger partial charge in [0.15, 0.2) is 6.61 Å². The number of hydrogen-bond donors (Lipinski definition) is 0. The van der Waals surface area contributed by atoms with Gasteiger partial charge in [-0.15, -0.1) is 0 Å². The fraction of sp³-hybridized carbons (Fsp3) is 0.200. The van der Waals surface area contributed by atoms with Crippen LogP contribution in [0, 0.1) is 18.6 Å². The molecule has 7 heteroatoms. The predicted octanol–water partition coefficient (Wildman–Crippen LogP) is 3.83. The van der Waals surface area contributed by atoms with Gasteiger partial charge in [-0.05, 0) is 31.2 Å². The summed E-state index contributed by atoms with van der Waals surface area (Å²) >= 11 is 0. The van der Waals surface area contributed by atoms with E-state index in [1.807, 2.05) is 0 Å². The summed E-state index contributed by atoms with van der Waals surface area (Å²) in [5.41, 5.74) is 1.14. The molecule has 0 radical (unpaired) electrons. The molecule has 3 rings (SSSR count). The normalized spacial score (nSPS) is 10.8. The van der Waals surface area contributed by atoms with Gasteiger partial charge in [-0.25, -0.2) is 13.6 Å². The number of furan rings is 1. The van der Waals surface area contributed by atoms with Crippen molar-refractivity contribution in [1.29, 1.82) is 0 Å². The Labute approximate surface area is 154 Å². The van der Waals surface area contributed by atoms with Crippen LogP contribution in [-0.2, 0) is 16.1 Å². The first-order valence-corrected chi connectivity index (χ1v) is 8.20. The van der Waals surface area contributed by atoms with Crippen molar-refractivity contribution in [2.24, 2.45) is 0 Å². The fourth-order valence-corrected chi connectivity index (χ4v) is 2.66. The standard InChI is InChI=1S/C20H17F2NO4/c1-12-15-9-14(21)7-8-17(15)27-19(12)20(25)26-11-18(24)23(2)10-13-5-3-4-6-16(13)22/h3-9H,10-11H2,1-2H3. The number of nitrogens with zero attached hydrogens (tertiary/aromatic N) is 1. The van der Waals surface area contributed by atoms with Crippen LogP contribution in [0.4, 0.5) is 8.78 Å². The summed E-state index contributed by atoms with van der Waals surface area (Å²) in [5, 5.41) is 0.463. The minimum atomic E-state index is -0.822. The molecule has 0 N–H and O–H groups in total. The average molecular weight is 373 g/mol. The maximum atomic E-state index is 13.7. The van der Waals surface area contributed by atoms with Crippen molar-refractivity contribution in [3.63, 3.8) is 0 Å². The predicted molar refractivity (Wildman–Crippen MR) is 94.1 cm³/mol. The second-order valence-corrected chi connectivity index (χ2v) is 6.11. The van der Waals surface area contributed by atoms with E-state index in [4.69, 9.17) is 9.15 Å². The van der Waals surface area contributed by atoms with Crippen molar-refractivity contribution in [2.45, 2.75) is 13.5 Å². The zero-order valence-corrected chi connectivity index (χ0v) is 14.8. The van der Waals surface area contributed by atoms with Gasteiger partial charge in [0.25, 0.3) is 5.91 Å². The molecule has 0 aliphatic rings. The second-order valence-electron chi connectivity index (χ2n) is 6.11. The monoisotopic (exact) mass is 373 g/mol. The quantitative estimate of drug-likeness (QED) is 0.638. The highest BCUT2D eigenvalue weighted by atomic mass is 19.1. The van der Waals surface area contributed by atoms with E-state index in [0.29, 0.717) is 22.1 Å². The van der Waals surface area contributed by atoms with E-state index in [-0.39, 0.29) is 12.3 Å². The molecule has 0 aliphatic carbocycles. The van der Waals surface area contributed by atoms with Gasteiger partial charge in [-0.1, -0.05) is 18.2 Å². The van der Waals surface area contributed by atoms with Gasteiger partial charge in [0.1, 0.15) is 17.2 Å². The van der Waals surface area contributed by atoms with Crippen LogP contribution in [0.2, 0.25) is 0 Å². The summed E-state index contributed by atoms with van der Waals surface area (Å²) < 4.78 is 37.4. The largest absolute Gasteiger partial charge is 0.450 e. The fourth-order valence-electron chi connectivity index (χ4n) is 2.66. The van der Waals surface area contributed by atoms with Crippen molar-refractivity contribution in [1.82, 2.24) is 4.90 Å². The highest BCUT2D eigenvalue weighted by Crippen LogP contribution is 2.26. The molecule has 1 heterocycles. The molecule has 5 nitrogen and oxygen atoms in total. The molecule has 0 saturated carbocycles. The number of amides is 1. The number of halogens is 2. The third kappa shape index (κ3) is 3.97. The van der Waals surface area contributed by atoms with Gasteiger partial charge in [-0.2, -0.15) is 0 Å². The lowest BCUT2D eigenvalue weighted by Crippen LogP contribution is -2.31. The number of aryl methyl sites for hydroxylation is 1. The lowest BCUT2D eigenvalue weighted by Gasteiger charge is -2.17. The minimum absolute atomic E-state index is 0.0476. The molecule has 27 heavy (non-hydrogen) atoms. The maximum Gasteiger partial charge on any atom is 0.375 e. The van der Waals surface area contributed by atoms with Gasteiger partial charge in [0.05, 0.1) is 0 Å². The van der Waals surface area contributed by atoms with Crippen LogP contribution >= 0.6 is 0 Å². The lowest BCUT2D eigenvalue weighted by atomic mass is 10.1. The van der Waals surface area contributed by atoms with E-state index in [9.17, 15) is 18.4 Å². The summed E-state index contributed by atoms with van der Waals surface area (Å²) in [6.45, 7) is 1.13. The van der Waals surface area contributed by atoms with Crippen molar-refractivity contribution in [3.05, 3.63) is 71.0 Å². The van der Waals surface area contributed by atoms with E-state index >= 15 is 0 Å². The molecule has 140 valence electrons. The van der Waals surface area contributed by atoms with E-state index < -0.39 is 30.1 Å². The van der Waals surface area contributed by atoms with Crippen LogP contribution in [0.25, 0.3) is 11.0 Å². The first-order chi connectivity index (χ1) is 12.9. The van der Waals surface area contributed by atoms with E-state index in [1.54, 1.807) is 25.1 Å². The summed E-state index contributed by atoms with van der Waals surface area (Å²) in [6.07, 6.45) is 0. The molecule has 1 aromatic heterocycles. The zero-order chi connectivity index (χ0) is 19.6. The SMILES string of the molecule is Cc1c(C(=O)OCC(=O)N(C)Cc2ccccc2F)oc2ccc(F)cc12. The molecule has 0 atom stereocenters. The van der Waals surface area contributed by atoms with Gasteiger partial charge in [-0.3, -0.25) is 4.79 Å². The van der Waals surface area contributed by atoms with Gasteiger partial charge in [0.2, 0.25) is 5.76 Å². The molecular formula is C20H17F2NO4. The average Bonchev–Trinajstić information content (AvgIpc) is 2.97. The molecule has 0 aliphatic heterocycles. The molecule has 0 spiro atoms. The first-order valence-electron chi connectivity index (χ1n) is 8.20. The molecule has 2 aromatic carbocycles. The third-order valence-corrected chi connectivity index (χ3v) is 4.20. The minimum Gasteiger partial charge on any atom is -0.450 e. The molecule has 0 unspecified atom stereocenters. The van der Waals surface area contributed by atoms with Gasteiger partial charge >= 0.3 is 5.97 Å². The van der Waals surface area contributed by atoms with Crippen molar-refractivity contribution in [3.8, 4) is 0 Å². The Morgan fingerprint density at radius 1 is 1.15 bits per heavy atom. The van der Waals surface area contributed by atoms with Crippen molar-refractivity contribution in [2.75, 3.05) is 13.7 Å². The van der Waals surface area contributed by atoms with E-state index in [1.165, 1.54) is 36.2 Å². The zero-order valence-electron chi connectivity index (χ0n) is 14.8. The number of likely N-dealkylation sites (N-methyl/N-ethyl adjacent to an activating group) is 1. The highest BCUT2D eigenvalue weighted by Gasteiger charge is 2.21. The molecular weight excluding hydrogens is 356 g/mol. The maximum absolute atomic E-state index is 13.7. The van der Waals surface area contributed by atoms with Crippen molar-refractivity contribution >= 4 is 22.8 Å². The number of hydrogen-bond acceptors (Lipinski definition) is 4. The number of carbonyl (C=O) groups is 2. The van der Waals surface area contributed by atoms with Crippen LogP contribution in [0.3, 0.4) is 0 Å². The highest BCUT2D eigenvalue weighted by molar-refractivity contribution is 5.96. The van der Waals surface area contributed by atoms with Crippen LogP contribution in [0.5, 0.6) is 0 Å². The molecule has 3 aromatic rings. The summed E-state index contributed by atoms with van der Waals surface area (Å²) in [6, 6.07) is 10.0. The molecule has 0 bridgehead atoms. The van der Waals surface area contributed by atoms with E-state index in [2.05, 4.69) is 0 Å². The Balaban J connectivity index is 1.64. The summed E-state index contributed by atoms with van der Waals surface area (Å²) in [7, 11) is 1.48. The van der Waals surface area contributed by atoms with Crippen LogP contribution in [0.15, 0.2) is 46.9 Å².